The number of esters is 3. The lowest BCUT2D eigenvalue weighted by molar-refractivity contribution is -0.186. The van der Waals surface area contributed by atoms with Crippen LogP contribution in [0.2, 0.25) is 0 Å². The third kappa shape index (κ3) is 3.82. The molecule has 1 aromatic rings. The number of aliphatic hydroxyl groups is 1. The molecule has 2 unspecified atom stereocenters. The van der Waals surface area contributed by atoms with Crippen LogP contribution < -0.4 is 0 Å². The van der Waals surface area contributed by atoms with Gasteiger partial charge in [0.05, 0.1) is 11.7 Å². The Hall–Kier alpha value is -3.56. The monoisotopic (exact) mass is 562 g/mol. The highest BCUT2D eigenvalue weighted by Crippen LogP contribution is 2.75. The zero-order chi connectivity index (χ0) is 29.4. The van der Waals surface area contributed by atoms with E-state index in [2.05, 4.69) is 13.0 Å². The van der Waals surface area contributed by atoms with Crippen molar-refractivity contribution in [3.63, 3.8) is 0 Å². The van der Waals surface area contributed by atoms with Crippen molar-refractivity contribution in [3.05, 3.63) is 71.5 Å². The van der Waals surface area contributed by atoms with E-state index in [9.17, 15) is 24.3 Å². The summed E-state index contributed by atoms with van der Waals surface area (Å²) in [7, 11) is 0. The highest BCUT2D eigenvalue weighted by Gasteiger charge is 2.82. The Balaban J connectivity index is 1.32. The number of benzene rings is 1. The van der Waals surface area contributed by atoms with Gasteiger partial charge in [0.15, 0.2) is 12.2 Å². The minimum Gasteiger partial charge on any atom is -0.459 e. The van der Waals surface area contributed by atoms with Gasteiger partial charge in [-0.05, 0) is 67.9 Å². The Morgan fingerprint density at radius 3 is 2.46 bits per heavy atom. The van der Waals surface area contributed by atoms with E-state index >= 15 is 0 Å². The number of allylic oxidation sites excluding steroid dienone is 3. The summed E-state index contributed by atoms with van der Waals surface area (Å²) >= 11 is 0. The first-order valence-corrected chi connectivity index (χ1v) is 14.0. The van der Waals surface area contributed by atoms with Crippen molar-refractivity contribution in [2.24, 2.45) is 22.7 Å². The summed E-state index contributed by atoms with van der Waals surface area (Å²) in [6.07, 6.45) is 7.73. The predicted molar refractivity (Wildman–Crippen MR) is 144 cm³/mol. The molecule has 9 nitrogen and oxygen atoms in total. The minimum absolute atomic E-state index is 0.0833. The second-order valence-corrected chi connectivity index (χ2v) is 12.3. The van der Waals surface area contributed by atoms with Crippen molar-refractivity contribution in [2.45, 2.75) is 70.4 Å². The molecule has 1 aliphatic heterocycles. The van der Waals surface area contributed by atoms with Crippen LogP contribution in [0.15, 0.2) is 66.0 Å². The second kappa shape index (κ2) is 9.22. The number of rotatable bonds is 6. The summed E-state index contributed by atoms with van der Waals surface area (Å²) in [4.78, 5) is 49.7. The summed E-state index contributed by atoms with van der Waals surface area (Å²) in [5, 5.41) is 12.1. The van der Waals surface area contributed by atoms with Crippen molar-refractivity contribution < 1.29 is 43.2 Å². The van der Waals surface area contributed by atoms with E-state index < -0.39 is 58.4 Å². The lowest BCUT2D eigenvalue weighted by atomic mass is 9.48. The average Bonchev–Trinajstić information content (AvgIpc) is 3.61. The second-order valence-electron chi connectivity index (χ2n) is 12.3. The number of ketones is 1. The molecule has 216 valence electrons. The van der Waals surface area contributed by atoms with Crippen molar-refractivity contribution in [1.82, 2.24) is 0 Å². The van der Waals surface area contributed by atoms with Gasteiger partial charge in [-0.15, -0.1) is 0 Å². The predicted octanol–water partition coefficient (Wildman–Crippen LogP) is 3.61. The highest BCUT2D eigenvalue weighted by molar-refractivity contribution is 5.92. The lowest BCUT2D eigenvalue weighted by Crippen LogP contribution is -2.63. The fourth-order valence-electron chi connectivity index (χ4n) is 8.30. The van der Waals surface area contributed by atoms with Crippen molar-refractivity contribution in [1.29, 1.82) is 0 Å². The Kier molecular flexibility index (Phi) is 6.21. The van der Waals surface area contributed by atoms with Gasteiger partial charge in [0.1, 0.15) is 17.5 Å². The van der Waals surface area contributed by atoms with Crippen molar-refractivity contribution >= 4 is 23.7 Å². The van der Waals surface area contributed by atoms with Gasteiger partial charge in [0.25, 0.3) is 0 Å². The first-order chi connectivity index (χ1) is 19.4. The number of ether oxygens (including phenoxy) is 4. The Morgan fingerprint density at radius 2 is 1.78 bits per heavy atom. The van der Waals surface area contributed by atoms with E-state index in [0.29, 0.717) is 24.2 Å². The van der Waals surface area contributed by atoms with Gasteiger partial charge >= 0.3 is 17.9 Å². The van der Waals surface area contributed by atoms with Crippen LogP contribution in [0.4, 0.5) is 0 Å². The standard InChI is InChI=1S/C32H34O9/c1-18(33)38-17-25(35)31(37)26(39-19(2)34)15-24-23-11-10-21-14-22(40-28(36)20-8-6-5-7-9-20)12-13-29(21,3)32(23)27(41-32)16-30(24,31)4/h5-10,12-14,23-24,26-27,37H,11,15-17H2,1-4H3/t23?,24?,26-,27+,29+,30+,31-,32-/m1/s1. The molecule has 6 rings (SSSR count). The van der Waals surface area contributed by atoms with Gasteiger partial charge in [-0.3, -0.25) is 14.4 Å². The molecule has 1 aromatic carbocycles. The molecule has 5 aliphatic rings. The van der Waals surface area contributed by atoms with Crippen LogP contribution in [0.3, 0.4) is 0 Å². The zero-order valence-corrected chi connectivity index (χ0v) is 23.5. The van der Waals surface area contributed by atoms with Crippen LogP contribution in [0.5, 0.6) is 0 Å². The first kappa shape index (κ1) is 27.6. The fourth-order valence-corrected chi connectivity index (χ4v) is 8.30. The number of hydrogen-bond acceptors (Lipinski definition) is 9. The van der Waals surface area contributed by atoms with Gasteiger partial charge in [0.2, 0.25) is 5.78 Å². The zero-order valence-electron chi connectivity index (χ0n) is 23.5. The largest absolute Gasteiger partial charge is 0.459 e. The fraction of sp³-hybridized carbons (Fsp3) is 0.500. The van der Waals surface area contributed by atoms with Crippen LogP contribution in [0, 0.1) is 22.7 Å². The van der Waals surface area contributed by atoms with Crippen LogP contribution in [-0.4, -0.2) is 58.8 Å². The van der Waals surface area contributed by atoms with Crippen LogP contribution in [0.1, 0.15) is 57.3 Å². The summed E-state index contributed by atoms with van der Waals surface area (Å²) in [6.45, 7) is 5.80. The number of Topliss-reactive ketones (excluding diaryl/α,β-unsaturated/α-hetero) is 1. The summed E-state index contributed by atoms with van der Waals surface area (Å²) in [5.74, 6) is -2.21. The molecular formula is C32H34O9. The molecule has 1 saturated heterocycles. The molecule has 2 saturated carbocycles. The van der Waals surface area contributed by atoms with E-state index in [1.165, 1.54) is 13.8 Å². The van der Waals surface area contributed by atoms with Crippen LogP contribution >= 0.6 is 0 Å². The first-order valence-electron chi connectivity index (χ1n) is 14.0. The van der Waals surface area contributed by atoms with Gasteiger partial charge < -0.3 is 24.1 Å². The number of epoxide rings is 1. The maximum absolute atomic E-state index is 13.5. The molecule has 1 spiro atoms. The molecule has 1 N–H and O–H groups in total. The van der Waals surface area contributed by atoms with E-state index in [1.54, 1.807) is 30.3 Å². The quantitative estimate of drug-likeness (QED) is 0.314. The van der Waals surface area contributed by atoms with Gasteiger partial charge in [0, 0.05) is 24.7 Å². The van der Waals surface area contributed by atoms with E-state index in [0.717, 1.165) is 5.57 Å². The molecule has 41 heavy (non-hydrogen) atoms. The Bertz CT molecular complexity index is 1430. The molecule has 0 radical (unpaired) electrons. The Labute approximate surface area is 238 Å². The number of carbonyl (C=O) groups is 4. The van der Waals surface area contributed by atoms with Gasteiger partial charge in [-0.25, -0.2) is 4.79 Å². The van der Waals surface area contributed by atoms with Gasteiger partial charge in [-0.2, -0.15) is 0 Å². The summed E-state index contributed by atoms with van der Waals surface area (Å²) in [6, 6.07) is 8.80. The van der Waals surface area contributed by atoms with E-state index in [1.807, 2.05) is 25.1 Å². The smallest absolute Gasteiger partial charge is 0.343 e. The van der Waals surface area contributed by atoms with E-state index in [4.69, 9.17) is 18.9 Å². The molecule has 3 fully saturated rings. The normalized spacial score (nSPS) is 39.5. The molecule has 8 atom stereocenters. The molecule has 4 aliphatic carbocycles. The summed E-state index contributed by atoms with van der Waals surface area (Å²) in [5.41, 5.74) is -2.70. The third-order valence-electron chi connectivity index (χ3n) is 10.3. The summed E-state index contributed by atoms with van der Waals surface area (Å²) < 4.78 is 22.8. The highest BCUT2D eigenvalue weighted by atomic mass is 16.6. The molecular weight excluding hydrogens is 528 g/mol. The Morgan fingerprint density at radius 1 is 1.05 bits per heavy atom. The molecule has 9 heteroatoms. The maximum atomic E-state index is 13.5. The molecule has 0 amide bonds. The van der Waals surface area contributed by atoms with E-state index in [-0.39, 0.29) is 24.4 Å². The topological polar surface area (TPSA) is 129 Å². The van der Waals surface area contributed by atoms with Crippen LogP contribution in [-0.2, 0) is 33.3 Å². The van der Waals surface area contributed by atoms with Gasteiger partial charge in [-0.1, -0.05) is 37.3 Å². The molecule has 0 aromatic heterocycles. The lowest BCUT2D eigenvalue weighted by Gasteiger charge is -2.54. The van der Waals surface area contributed by atoms with Crippen molar-refractivity contribution in [3.8, 4) is 0 Å². The third-order valence-corrected chi connectivity index (χ3v) is 10.3. The maximum Gasteiger partial charge on any atom is 0.343 e. The number of hydrogen-bond donors (Lipinski definition) is 1. The molecule has 0 bridgehead atoms. The SMILES string of the molecule is CC(=O)OCC(=O)[C@@]1(O)[C@H](OC(C)=O)CC2C3CC=C4C=C(OC(=O)c5ccccc5)C=C[C@]4(C)[C@@]34O[C@H]4C[C@@]21C. The number of fused-ring (bicyclic) bond motifs is 3. The number of carbonyl (C=O) groups excluding carboxylic acids is 4. The molecule has 1 heterocycles. The van der Waals surface area contributed by atoms with Crippen LogP contribution in [0.25, 0.3) is 0 Å². The minimum atomic E-state index is -2.04. The van der Waals surface area contributed by atoms with Crippen molar-refractivity contribution in [2.75, 3.05) is 6.61 Å². The average molecular weight is 563 g/mol.